The van der Waals surface area contributed by atoms with Crippen molar-refractivity contribution in [3.05, 3.63) is 39.2 Å². The summed E-state index contributed by atoms with van der Waals surface area (Å²) in [5, 5.41) is 11.3. The Balaban J connectivity index is 2.30. The fraction of sp³-hybridized carbons (Fsp3) is 0.214. The second-order valence-electron chi connectivity index (χ2n) is 4.60. The molecule has 0 radical (unpaired) electrons. The number of carboxylic acid groups (broad SMARTS) is 1. The first-order chi connectivity index (χ1) is 9.08. The summed E-state index contributed by atoms with van der Waals surface area (Å²) in [6, 6.07) is 5.82. The van der Waals surface area contributed by atoms with E-state index in [1.807, 2.05) is 13.1 Å². The number of halogens is 1. The van der Waals surface area contributed by atoms with Gasteiger partial charge in [0.1, 0.15) is 0 Å². The van der Waals surface area contributed by atoms with E-state index in [9.17, 15) is 9.90 Å². The van der Waals surface area contributed by atoms with Crippen molar-refractivity contribution in [2.24, 2.45) is 0 Å². The number of hydrogen-bond acceptors (Lipinski definition) is 3. The Morgan fingerprint density at radius 1 is 1.47 bits per heavy atom. The summed E-state index contributed by atoms with van der Waals surface area (Å²) in [5.74, 6) is -0.903. The standard InChI is InChI=1S/C14H12BrNO2S/c1-16-4-2-8-3-5-19-13(8)10-6-9(14(17)18)11(15)7-12(10)16/h3,5-7H,2,4H2,1H3,(H,17,18). The molecule has 3 nitrogen and oxygen atoms in total. The Bertz CT molecular complexity index is 665. The van der Waals surface area contributed by atoms with E-state index in [0.29, 0.717) is 10.0 Å². The number of nitrogens with zero attached hydrogens (tertiary/aromatic N) is 1. The van der Waals surface area contributed by atoms with Gasteiger partial charge in [0, 0.05) is 34.2 Å². The molecule has 5 heteroatoms. The van der Waals surface area contributed by atoms with Gasteiger partial charge >= 0.3 is 5.97 Å². The third kappa shape index (κ3) is 2.07. The molecule has 0 atom stereocenters. The summed E-state index contributed by atoms with van der Waals surface area (Å²) in [7, 11) is 2.04. The zero-order chi connectivity index (χ0) is 13.6. The number of thiophene rings is 1. The molecule has 0 aliphatic carbocycles. The van der Waals surface area contributed by atoms with Gasteiger partial charge in [-0.05, 0) is 51.5 Å². The first-order valence-corrected chi connectivity index (χ1v) is 7.60. The summed E-state index contributed by atoms with van der Waals surface area (Å²) < 4.78 is 0.630. The number of rotatable bonds is 1. The summed E-state index contributed by atoms with van der Waals surface area (Å²) in [4.78, 5) is 14.7. The van der Waals surface area contributed by atoms with Crippen LogP contribution in [0, 0.1) is 0 Å². The maximum atomic E-state index is 11.3. The summed E-state index contributed by atoms with van der Waals surface area (Å²) in [6.45, 7) is 0.940. The van der Waals surface area contributed by atoms with Crippen molar-refractivity contribution in [2.45, 2.75) is 6.42 Å². The number of likely N-dealkylation sites (N-methyl/N-ethyl adjacent to an activating group) is 1. The first-order valence-electron chi connectivity index (χ1n) is 5.92. The number of aromatic carboxylic acids is 1. The molecular formula is C14H12BrNO2S. The number of anilines is 1. The van der Waals surface area contributed by atoms with E-state index >= 15 is 0 Å². The van der Waals surface area contributed by atoms with E-state index in [2.05, 4.69) is 32.3 Å². The Labute approximate surface area is 123 Å². The molecule has 1 aliphatic heterocycles. The minimum atomic E-state index is -0.903. The maximum Gasteiger partial charge on any atom is 0.336 e. The van der Waals surface area contributed by atoms with E-state index in [1.165, 1.54) is 10.4 Å². The van der Waals surface area contributed by atoms with Crippen LogP contribution in [0.5, 0.6) is 0 Å². The quantitative estimate of drug-likeness (QED) is 0.858. The van der Waals surface area contributed by atoms with Gasteiger partial charge in [0.15, 0.2) is 0 Å². The summed E-state index contributed by atoms with van der Waals surface area (Å²) in [6.07, 6.45) is 0.990. The van der Waals surface area contributed by atoms with Gasteiger partial charge in [0.05, 0.1) is 5.56 Å². The average Bonchev–Trinajstić information content (AvgIpc) is 2.79. The van der Waals surface area contributed by atoms with E-state index in [0.717, 1.165) is 24.2 Å². The van der Waals surface area contributed by atoms with Crippen LogP contribution in [-0.2, 0) is 6.42 Å². The normalized spacial score (nSPS) is 13.7. The van der Waals surface area contributed by atoms with Crippen LogP contribution in [0.3, 0.4) is 0 Å². The highest BCUT2D eigenvalue weighted by atomic mass is 79.9. The molecule has 0 fully saturated rings. The van der Waals surface area contributed by atoms with Crippen LogP contribution in [0.1, 0.15) is 15.9 Å². The fourth-order valence-corrected chi connectivity index (χ4v) is 3.88. The SMILES string of the molecule is CN1CCc2ccsc2-c2cc(C(=O)O)c(Br)cc21. The lowest BCUT2D eigenvalue weighted by Gasteiger charge is -2.20. The molecule has 1 aromatic heterocycles. The van der Waals surface area contributed by atoms with Gasteiger partial charge in [-0.2, -0.15) is 0 Å². The minimum absolute atomic E-state index is 0.313. The average molecular weight is 338 g/mol. The van der Waals surface area contributed by atoms with Crippen LogP contribution in [0.2, 0.25) is 0 Å². The third-order valence-corrected chi connectivity index (χ3v) is 5.08. The largest absolute Gasteiger partial charge is 0.478 e. The Morgan fingerprint density at radius 3 is 3.00 bits per heavy atom. The van der Waals surface area contributed by atoms with Gasteiger partial charge in [-0.15, -0.1) is 11.3 Å². The van der Waals surface area contributed by atoms with Crippen LogP contribution >= 0.6 is 27.3 Å². The van der Waals surface area contributed by atoms with E-state index in [4.69, 9.17) is 0 Å². The fourth-order valence-electron chi connectivity index (χ4n) is 2.40. The third-order valence-electron chi connectivity index (χ3n) is 3.43. The van der Waals surface area contributed by atoms with Crippen molar-refractivity contribution in [1.82, 2.24) is 0 Å². The highest BCUT2D eigenvalue weighted by molar-refractivity contribution is 9.10. The molecule has 0 saturated carbocycles. The smallest absolute Gasteiger partial charge is 0.336 e. The highest BCUT2D eigenvalue weighted by Crippen LogP contribution is 2.41. The lowest BCUT2D eigenvalue weighted by Crippen LogP contribution is -2.19. The van der Waals surface area contributed by atoms with Crippen molar-refractivity contribution in [1.29, 1.82) is 0 Å². The number of hydrogen-bond donors (Lipinski definition) is 1. The van der Waals surface area contributed by atoms with Crippen molar-refractivity contribution in [3.8, 4) is 10.4 Å². The van der Waals surface area contributed by atoms with Gasteiger partial charge in [-0.3, -0.25) is 0 Å². The zero-order valence-corrected chi connectivity index (χ0v) is 12.7. The Kier molecular flexibility index (Phi) is 3.11. The van der Waals surface area contributed by atoms with Gasteiger partial charge in [0.25, 0.3) is 0 Å². The van der Waals surface area contributed by atoms with E-state index < -0.39 is 5.97 Å². The van der Waals surface area contributed by atoms with Gasteiger partial charge in [-0.25, -0.2) is 4.79 Å². The lowest BCUT2D eigenvalue weighted by molar-refractivity contribution is 0.0696. The number of benzene rings is 1. The number of fused-ring (bicyclic) bond motifs is 3. The Morgan fingerprint density at radius 2 is 2.26 bits per heavy atom. The van der Waals surface area contributed by atoms with Crippen molar-refractivity contribution in [2.75, 3.05) is 18.5 Å². The van der Waals surface area contributed by atoms with E-state index in [1.54, 1.807) is 17.4 Å². The molecule has 1 aliphatic rings. The predicted octanol–water partition coefficient (Wildman–Crippen LogP) is 3.87. The molecule has 0 unspecified atom stereocenters. The second-order valence-corrected chi connectivity index (χ2v) is 6.37. The topological polar surface area (TPSA) is 40.5 Å². The molecule has 19 heavy (non-hydrogen) atoms. The zero-order valence-electron chi connectivity index (χ0n) is 10.3. The van der Waals surface area contributed by atoms with Crippen LogP contribution in [0.25, 0.3) is 10.4 Å². The monoisotopic (exact) mass is 337 g/mol. The molecule has 1 N–H and O–H groups in total. The molecule has 98 valence electrons. The molecule has 2 heterocycles. The molecule has 0 spiro atoms. The van der Waals surface area contributed by atoms with Crippen molar-refractivity contribution < 1.29 is 9.90 Å². The van der Waals surface area contributed by atoms with Gasteiger partial charge in [0.2, 0.25) is 0 Å². The maximum absolute atomic E-state index is 11.3. The number of carboxylic acids is 1. The van der Waals surface area contributed by atoms with E-state index in [-0.39, 0.29) is 0 Å². The van der Waals surface area contributed by atoms with Gasteiger partial charge in [-0.1, -0.05) is 0 Å². The lowest BCUT2D eigenvalue weighted by atomic mass is 10.0. The highest BCUT2D eigenvalue weighted by Gasteiger charge is 2.22. The summed E-state index contributed by atoms with van der Waals surface area (Å²) in [5.41, 5.74) is 3.71. The molecule has 3 rings (SSSR count). The second kappa shape index (κ2) is 4.65. The molecule has 0 bridgehead atoms. The molecule has 1 aromatic carbocycles. The predicted molar refractivity (Wildman–Crippen MR) is 81.4 cm³/mol. The molecule has 0 amide bonds. The van der Waals surface area contributed by atoms with Gasteiger partial charge < -0.3 is 10.0 Å². The Hall–Kier alpha value is -1.33. The van der Waals surface area contributed by atoms with Crippen LogP contribution < -0.4 is 4.90 Å². The molecule has 0 saturated heterocycles. The molecular weight excluding hydrogens is 326 g/mol. The van der Waals surface area contributed by atoms with Crippen molar-refractivity contribution >= 4 is 38.9 Å². The number of carbonyl (C=O) groups is 1. The minimum Gasteiger partial charge on any atom is -0.478 e. The van der Waals surface area contributed by atoms with Crippen LogP contribution in [-0.4, -0.2) is 24.7 Å². The molecule has 2 aromatic rings. The van der Waals surface area contributed by atoms with Crippen LogP contribution in [0.4, 0.5) is 5.69 Å². The van der Waals surface area contributed by atoms with Crippen molar-refractivity contribution in [3.63, 3.8) is 0 Å². The van der Waals surface area contributed by atoms with Crippen LogP contribution in [0.15, 0.2) is 28.1 Å². The summed E-state index contributed by atoms with van der Waals surface area (Å²) >= 11 is 5.03. The first kappa shape index (κ1) is 12.7.